The minimum Gasteiger partial charge on any atom is -0.508 e. The molecule has 0 bridgehead atoms. The number of piperidine rings is 1. The smallest absolute Gasteiger partial charge is 0.319 e. The number of ether oxygens (including phenoxy) is 1. The Morgan fingerprint density at radius 3 is 2.56 bits per heavy atom. The predicted octanol–water partition coefficient (Wildman–Crippen LogP) is 6.20. The predicted molar refractivity (Wildman–Crippen MR) is 182 cm³/mol. The van der Waals surface area contributed by atoms with Crippen molar-refractivity contribution < 1.29 is 27.4 Å². The van der Waals surface area contributed by atoms with Crippen molar-refractivity contribution in [3.8, 4) is 35.4 Å². The largest absolute Gasteiger partial charge is 0.508 e. The highest BCUT2D eigenvalue weighted by atomic mass is 19.3. The third kappa shape index (κ3) is 4.99. The van der Waals surface area contributed by atoms with Crippen LogP contribution in [-0.4, -0.2) is 82.3 Å². The number of rotatable bonds is 6. The number of hydrogen-bond acceptors (Lipinski definition) is 8. The van der Waals surface area contributed by atoms with Gasteiger partial charge in [-0.1, -0.05) is 12.0 Å². The number of aromatic nitrogens is 3. The molecule has 4 aromatic rings. The van der Waals surface area contributed by atoms with E-state index in [2.05, 4.69) is 32.9 Å². The normalized spacial score (nSPS) is 24.5. The zero-order valence-electron chi connectivity index (χ0n) is 27.8. The average molecular weight is 687 g/mol. The number of halogens is 4. The molecule has 260 valence electrons. The van der Waals surface area contributed by atoms with Crippen LogP contribution >= 0.6 is 0 Å². The third-order valence-corrected chi connectivity index (χ3v) is 12.1. The fourth-order valence-corrected chi connectivity index (χ4v) is 8.81. The quantitative estimate of drug-likeness (QED) is 0.183. The Balaban J connectivity index is 1.11. The number of phenols is 1. The number of nitrogens with zero attached hydrogens (tertiary/aromatic N) is 5. The summed E-state index contributed by atoms with van der Waals surface area (Å²) >= 11 is 0. The molecule has 4 fully saturated rings. The lowest BCUT2D eigenvalue weighted by Gasteiger charge is -2.40. The molecule has 2 saturated heterocycles. The second kappa shape index (κ2) is 11.1. The summed E-state index contributed by atoms with van der Waals surface area (Å²) in [5.74, 6) is -1.05. The first-order chi connectivity index (χ1) is 24.0. The minimum atomic E-state index is -2.52. The van der Waals surface area contributed by atoms with E-state index in [4.69, 9.17) is 21.1 Å². The molecular formula is C38H38F4N6O2. The molecule has 1 spiro atoms. The Morgan fingerprint density at radius 1 is 1.06 bits per heavy atom. The molecule has 2 unspecified atom stereocenters. The summed E-state index contributed by atoms with van der Waals surface area (Å²) < 4.78 is 66.4. The van der Waals surface area contributed by atoms with E-state index in [1.807, 2.05) is 0 Å². The molecule has 50 heavy (non-hydrogen) atoms. The molecule has 3 aliphatic heterocycles. The highest BCUT2D eigenvalue weighted by molar-refractivity contribution is 6.03. The number of anilines is 1. The molecule has 12 heteroatoms. The number of piperazine rings is 1. The highest BCUT2D eigenvalue weighted by Gasteiger charge is 2.70. The summed E-state index contributed by atoms with van der Waals surface area (Å²) in [5.41, 5.74) is -0.239. The fourth-order valence-electron chi connectivity index (χ4n) is 8.81. The second-order valence-electron chi connectivity index (χ2n) is 15.2. The van der Waals surface area contributed by atoms with Gasteiger partial charge in [0.05, 0.1) is 23.3 Å². The summed E-state index contributed by atoms with van der Waals surface area (Å²) in [6.07, 6.45) is 9.91. The number of aromatic hydroxyl groups is 1. The van der Waals surface area contributed by atoms with Gasteiger partial charge >= 0.3 is 6.01 Å². The zero-order chi connectivity index (χ0) is 34.6. The van der Waals surface area contributed by atoms with Crippen LogP contribution in [0.15, 0.2) is 24.3 Å². The number of benzene rings is 2. The Hall–Kier alpha value is -4.21. The lowest BCUT2D eigenvalue weighted by Crippen LogP contribution is -2.57. The van der Waals surface area contributed by atoms with E-state index < -0.39 is 23.0 Å². The molecule has 5 heterocycles. The van der Waals surface area contributed by atoms with Crippen molar-refractivity contribution >= 4 is 27.5 Å². The van der Waals surface area contributed by atoms with Crippen molar-refractivity contribution in [3.63, 3.8) is 0 Å². The summed E-state index contributed by atoms with van der Waals surface area (Å²) in [4.78, 5) is 18.9. The van der Waals surface area contributed by atoms with Gasteiger partial charge in [0, 0.05) is 59.9 Å². The molecule has 8 nitrogen and oxygen atoms in total. The van der Waals surface area contributed by atoms with Crippen LogP contribution in [0.3, 0.4) is 0 Å². The van der Waals surface area contributed by atoms with Gasteiger partial charge in [0.1, 0.15) is 28.6 Å². The van der Waals surface area contributed by atoms with Crippen LogP contribution in [0.5, 0.6) is 11.8 Å². The first kappa shape index (κ1) is 31.7. The maximum Gasteiger partial charge on any atom is 0.319 e. The Bertz CT molecular complexity index is 2110. The number of pyridine rings is 1. The van der Waals surface area contributed by atoms with Gasteiger partial charge in [-0.05, 0) is 82.1 Å². The van der Waals surface area contributed by atoms with Crippen LogP contribution in [0, 0.1) is 34.8 Å². The van der Waals surface area contributed by atoms with Gasteiger partial charge in [0.15, 0.2) is 5.82 Å². The number of phenolic OH excluding ortho intramolecular Hbond substituents is 1. The summed E-state index contributed by atoms with van der Waals surface area (Å²) in [7, 11) is 0. The first-order valence-electron chi connectivity index (χ1n) is 17.6. The van der Waals surface area contributed by atoms with E-state index >= 15 is 4.39 Å². The molecule has 0 radical (unpaired) electrons. The van der Waals surface area contributed by atoms with Crippen molar-refractivity contribution in [2.45, 2.75) is 69.9 Å². The van der Waals surface area contributed by atoms with E-state index in [9.17, 15) is 18.3 Å². The average Bonchev–Trinajstić information content (AvgIpc) is 3.99. The first-order valence-corrected chi connectivity index (χ1v) is 17.6. The van der Waals surface area contributed by atoms with Crippen molar-refractivity contribution in [1.82, 2.24) is 25.2 Å². The van der Waals surface area contributed by atoms with E-state index in [0.717, 1.165) is 32.4 Å². The maximum atomic E-state index is 17.1. The number of terminal acetylenes is 1. The van der Waals surface area contributed by atoms with Crippen LogP contribution in [0.2, 0.25) is 0 Å². The number of aryl methyl sites for hydroxylation is 1. The second-order valence-corrected chi connectivity index (χ2v) is 15.2. The molecule has 2 saturated carbocycles. The third-order valence-electron chi connectivity index (χ3n) is 12.1. The monoisotopic (exact) mass is 686 g/mol. The number of hydrogen-bond donors (Lipinski definition) is 2. The number of likely N-dealkylation sites (tertiary alicyclic amines) is 1. The number of fused-ring (bicyclic) bond motifs is 3. The van der Waals surface area contributed by atoms with Gasteiger partial charge in [-0.15, -0.1) is 6.42 Å². The number of nitrogens with one attached hydrogen (secondary N) is 1. The highest BCUT2D eigenvalue weighted by Crippen LogP contribution is 2.66. The lowest BCUT2D eigenvalue weighted by atomic mass is 9.92. The van der Waals surface area contributed by atoms with Gasteiger partial charge in [-0.3, -0.25) is 0 Å². The summed E-state index contributed by atoms with van der Waals surface area (Å²) in [5, 5.41) is 15.5. The molecule has 0 amide bonds. The van der Waals surface area contributed by atoms with Gasteiger partial charge < -0.3 is 25.0 Å². The van der Waals surface area contributed by atoms with Crippen LogP contribution in [0.1, 0.15) is 56.7 Å². The van der Waals surface area contributed by atoms with Crippen molar-refractivity contribution in [1.29, 1.82) is 0 Å². The number of alkyl halides is 2. The SMILES string of the molecule is C#Cc1c(F)ccc2cc(O)cc(-c3nc4c5c(nc(OCC6(CN7CCC8(CC7)CC8(F)F)CC6)nc5c3F)N3CCNC(C)C3CC4)c12. The van der Waals surface area contributed by atoms with E-state index in [0.29, 0.717) is 67.8 Å². The topological polar surface area (TPSA) is 86.6 Å². The molecule has 2 aromatic heterocycles. The van der Waals surface area contributed by atoms with Gasteiger partial charge in [-0.25, -0.2) is 22.5 Å². The molecular weight excluding hydrogens is 648 g/mol. The van der Waals surface area contributed by atoms with Crippen molar-refractivity contribution in [2.75, 3.05) is 44.2 Å². The summed E-state index contributed by atoms with van der Waals surface area (Å²) in [6.45, 7) is 5.88. The fraction of sp³-hybridized carbons (Fsp3) is 0.500. The van der Waals surface area contributed by atoms with Crippen LogP contribution in [0.4, 0.5) is 23.4 Å². The van der Waals surface area contributed by atoms with E-state index in [1.54, 1.807) is 0 Å². The zero-order valence-corrected chi connectivity index (χ0v) is 27.8. The van der Waals surface area contributed by atoms with Crippen LogP contribution in [-0.2, 0) is 6.42 Å². The molecule has 2 N–H and O–H groups in total. The summed E-state index contributed by atoms with van der Waals surface area (Å²) in [6, 6.07) is 5.81. The maximum absolute atomic E-state index is 17.1. The molecule has 9 rings (SSSR count). The Kier molecular flexibility index (Phi) is 7.08. The van der Waals surface area contributed by atoms with Gasteiger partial charge in [0.2, 0.25) is 0 Å². The molecule has 5 aliphatic rings. The van der Waals surface area contributed by atoms with E-state index in [1.165, 1.54) is 24.3 Å². The van der Waals surface area contributed by atoms with Gasteiger partial charge in [-0.2, -0.15) is 9.97 Å². The van der Waals surface area contributed by atoms with Crippen molar-refractivity contribution in [2.24, 2.45) is 10.8 Å². The standard InChI is InChI=1S/C38H38F4N6O2/c1-3-24-26(39)5-4-22-16-23(49)17-25(29(22)24)32-31(40)33-30-27(44-32)6-7-28-21(2)43-12-15-48(28)34(30)46-35(45-33)50-20-36(8-9-36)19-47-13-10-37(11-14-47)18-38(37,41)42/h1,4-5,16-17,21,28,43,49H,6-15,18-20H2,2H3. The Labute approximate surface area is 287 Å². The van der Waals surface area contributed by atoms with E-state index in [-0.39, 0.29) is 63.4 Å². The molecule has 2 aromatic carbocycles. The Morgan fingerprint density at radius 2 is 1.84 bits per heavy atom. The van der Waals surface area contributed by atoms with Crippen LogP contribution < -0.4 is 15.0 Å². The lowest BCUT2D eigenvalue weighted by molar-refractivity contribution is 0.0252. The minimum absolute atomic E-state index is 0.00949. The molecule has 2 aliphatic carbocycles. The van der Waals surface area contributed by atoms with Gasteiger partial charge in [0.25, 0.3) is 5.92 Å². The van der Waals surface area contributed by atoms with Crippen LogP contribution in [0.25, 0.3) is 32.9 Å². The van der Waals surface area contributed by atoms with Crippen molar-refractivity contribution in [3.05, 3.63) is 47.2 Å². The molecule has 2 atom stereocenters.